The summed E-state index contributed by atoms with van der Waals surface area (Å²) >= 11 is 6.13. The number of amides is 1. The predicted octanol–water partition coefficient (Wildman–Crippen LogP) is 4.79. The fourth-order valence-corrected chi connectivity index (χ4v) is 4.91. The zero-order valence-electron chi connectivity index (χ0n) is 20.0. The first-order valence-corrected chi connectivity index (χ1v) is 12.7. The van der Waals surface area contributed by atoms with Crippen molar-refractivity contribution in [1.82, 2.24) is 20.0 Å². The van der Waals surface area contributed by atoms with Crippen LogP contribution in [0.3, 0.4) is 0 Å². The topological polar surface area (TPSA) is 70.7 Å². The number of unbranched alkanes of at least 4 members (excludes halogenated alkanes) is 1. The number of nitrogens with one attached hydrogen (secondary N) is 1. The molecule has 1 unspecified atom stereocenters. The highest BCUT2D eigenvalue weighted by Gasteiger charge is 2.42. The van der Waals surface area contributed by atoms with Gasteiger partial charge in [0.2, 0.25) is 0 Å². The molecule has 8 heteroatoms. The Balaban J connectivity index is 1.50. The monoisotopic (exact) mass is 494 g/mol. The fraction of sp³-hybridized carbons (Fsp3) is 0.407. The van der Waals surface area contributed by atoms with Crippen LogP contribution in [0.4, 0.5) is 0 Å². The summed E-state index contributed by atoms with van der Waals surface area (Å²) in [7, 11) is 0. The van der Waals surface area contributed by atoms with Crippen molar-refractivity contribution < 1.29 is 14.3 Å². The molecule has 1 saturated heterocycles. The molecule has 3 aromatic rings. The van der Waals surface area contributed by atoms with Gasteiger partial charge in [0.1, 0.15) is 11.4 Å². The number of halogens is 1. The number of carbonyl (C=O) groups excluding carboxylic acids is 1. The smallest absolute Gasteiger partial charge is 0.273 e. The minimum atomic E-state index is -0.252. The van der Waals surface area contributed by atoms with Crippen molar-refractivity contribution in [3.8, 4) is 17.0 Å². The normalized spacial score (nSPS) is 18.2. The molecule has 1 amide bonds. The quantitative estimate of drug-likeness (QED) is 0.433. The number of H-pyrrole nitrogens is 1. The molecular weight excluding hydrogens is 464 g/mol. The first-order valence-electron chi connectivity index (χ1n) is 12.3. The molecule has 0 spiro atoms. The third-order valence-corrected chi connectivity index (χ3v) is 6.93. The van der Waals surface area contributed by atoms with E-state index in [9.17, 15) is 4.79 Å². The van der Waals surface area contributed by atoms with Gasteiger partial charge in [-0.05, 0) is 36.2 Å². The summed E-state index contributed by atoms with van der Waals surface area (Å²) < 4.78 is 11.5. The number of benzene rings is 2. The van der Waals surface area contributed by atoms with Crippen LogP contribution in [0.25, 0.3) is 11.3 Å². The van der Waals surface area contributed by atoms with E-state index >= 15 is 0 Å². The lowest BCUT2D eigenvalue weighted by Crippen LogP contribution is -2.42. The van der Waals surface area contributed by atoms with Gasteiger partial charge in [-0.25, -0.2) is 0 Å². The highest BCUT2D eigenvalue weighted by atomic mass is 35.5. The van der Waals surface area contributed by atoms with E-state index in [1.807, 2.05) is 41.3 Å². The number of aromatic nitrogens is 2. The van der Waals surface area contributed by atoms with Crippen molar-refractivity contribution in [1.29, 1.82) is 0 Å². The Labute approximate surface area is 211 Å². The van der Waals surface area contributed by atoms with Crippen LogP contribution in [0.15, 0.2) is 48.5 Å². The summed E-state index contributed by atoms with van der Waals surface area (Å²) in [4.78, 5) is 17.9. The summed E-state index contributed by atoms with van der Waals surface area (Å²) in [5.74, 6) is 0.796. The zero-order valence-corrected chi connectivity index (χ0v) is 20.8. The largest absolute Gasteiger partial charge is 0.494 e. The van der Waals surface area contributed by atoms with Gasteiger partial charge in [0.25, 0.3) is 5.91 Å². The van der Waals surface area contributed by atoms with E-state index in [1.165, 1.54) is 0 Å². The third-order valence-electron chi connectivity index (χ3n) is 6.68. The van der Waals surface area contributed by atoms with Crippen LogP contribution in [0, 0.1) is 0 Å². The van der Waals surface area contributed by atoms with E-state index in [1.54, 1.807) is 0 Å². The SMILES string of the molecule is CCCCOc1cccc(C2c3c(-c4ccc(Cl)cc4)n[nH]c3C(=O)N2CCN2CCOCC2)c1. The second-order valence-corrected chi connectivity index (χ2v) is 9.43. The Morgan fingerprint density at radius 2 is 1.94 bits per heavy atom. The number of morpholine rings is 1. The number of hydrogen-bond acceptors (Lipinski definition) is 5. The van der Waals surface area contributed by atoms with Crippen molar-refractivity contribution in [2.75, 3.05) is 46.0 Å². The van der Waals surface area contributed by atoms with E-state index in [0.29, 0.717) is 23.9 Å². The Morgan fingerprint density at radius 1 is 1.14 bits per heavy atom. The molecule has 3 heterocycles. The first-order chi connectivity index (χ1) is 17.2. The van der Waals surface area contributed by atoms with E-state index in [4.69, 9.17) is 21.1 Å². The number of nitrogens with zero attached hydrogens (tertiary/aromatic N) is 3. The van der Waals surface area contributed by atoms with Gasteiger partial charge in [-0.3, -0.25) is 14.8 Å². The molecule has 5 rings (SSSR count). The van der Waals surface area contributed by atoms with Gasteiger partial charge in [-0.2, -0.15) is 5.10 Å². The summed E-state index contributed by atoms with van der Waals surface area (Å²) in [5.41, 5.74) is 4.19. The average Bonchev–Trinajstić information content (AvgIpc) is 3.43. The van der Waals surface area contributed by atoms with Crippen LogP contribution in [0.5, 0.6) is 5.75 Å². The van der Waals surface area contributed by atoms with Crippen molar-refractivity contribution >= 4 is 17.5 Å². The molecule has 1 N–H and O–H groups in total. The second kappa shape index (κ2) is 10.8. The molecule has 1 fully saturated rings. The van der Waals surface area contributed by atoms with Gasteiger partial charge in [0, 0.05) is 42.3 Å². The molecule has 2 aliphatic rings. The molecule has 7 nitrogen and oxygen atoms in total. The average molecular weight is 495 g/mol. The number of rotatable bonds is 9. The lowest BCUT2D eigenvalue weighted by Gasteiger charge is -2.31. The number of fused-ring (bicyclic) bond motifs is 1. The first kappa shape index (κ1) is 23.9. The van der Waals surface area contributed by atoms with Gasteiger partial charge in [0.05, 0.1) is 31.6 Å². The molecule has 0 saturated carbocycles. The standard InChI is InChI=1S/C27H31ClN4O3/c1-2-3-15-35-22-6-4-5-20(18-22)26-23-24(19-7-9-21(28)10-8-19)29-30-25(23)27(33)32(26)12-11-31-13-16-34-17-14-31/h4-10,18,26H,2-3,11-17H2,1H3,(H,29,30). The number of carbonyl (C=O) groups is 1. The van der Waals surface area contributed by atoms with Gasteiger partial charge >= 0.3 is 0 Å². The van der Waals surface area contributed by atoms with Crippen molar-refractivity contribution in [2.24, 2.45) is 0 Å². The van der Waals surface area contributed by atoms with Crippen molar-refractivity contribution in [3.05, 3.63) is 70.4 Å². The molecule has 0 radical (unpaired) electrons. The van der Waals surface area contributed by atoms with Crippen LogP contribution < -0.4 is 4.74 Å². The highest BCUT2D eigenvalue weighted by molar-refractivity contribution is 6.30. The summed E-state index contributed by atoms with van der Waals surface area (Å²) in [5, 5.41) is 8.26. The number of aromatic amines is 1. The molecule has 0 bridgehead atoms. The Hall–Kier alpha value is -2.87. The zero-order chi connectivity index (χ0) is 24.2. The minimum absolute atomic E-state index is 0.0247. The van der Waals surface area contributed by atoms with Crippen LogP contribution in [-0.2, 0) is 4.74 Å². The maximum atomic E-state index is 13.6. The molecule has 2 aliphatic heterocycles. The van der Waals surface area contributed by atoms with Crippen LogP contribution in [0.1, 0.15) is 47.4 Å². The molecule has 35 heavy (non-hydrogen) atoms. The van der Waals surface area contributed by atoms with Gasteiger partial charge < -0.3 is 14.4 Å². The number of ether oxygens (including phenoxy) is 2. The molecule has 1 aromatic heterocycles. The predicted molar refractivity (Wildman–Crippen MR) is 136 cm³/mol. The maximum absolute atomic E-state index is 13.6. The molecular formula is C27H31ClN4O3. The van der Waals surface area contributed by atoms with Crippen LogP contribution >= 0.6 is 11.6 Å². The van der Waals surface area contributed by atoms with Gasteiger partial charge in [0.15, 0.2) is 0 Å². The molecule has 184 valence electrons. The van der Waals surface area contributed by atoms with E-state index in [0.717, 1.165) is 73.8 Å². The van der Waals surface area contributed by atoms with Gasteiger partial charge in [-0.1, -0.05) is 49.2 Å². The van der Waals surface area contributed by atoms with Gasteiger partial charge in [-0.15, -0.1) is 0 Å². The molecule has 1 atom stereocenters. The Kier molecular flexibility index (Phi) is 7.37. The van der Waals surface area contributed by atoms with E-state index in [-0.39, 0.29) is 11.9 Å². The fourth-order valence-electron chi connectivity index (χ4n) is 4.78. The Bertz CT molecular complexity index is 1160. The van der Waals surface area contributed by atoms with E-state index in [2.05, 4.69) is 34.2 Å². The van der Waals surface area contributed by atoms with Crippen LogP contribution in [-0.4, -0.2) is 71.9 Å². The van der Waals surface area contributed by atoms with Crippen molar-refractivity contribution in [2.45, 2.75) is 25.8 Å². The highest BCUT2D eigenvalue weighted by Crippen LogP contribution is 2.43. The summed E-state index contributed by atoms with van der Waals surface area (Å²) in [6.07, 6.45) is 2.08. The van der Waals surface area contributed by atoms with Crippen LogP contribution in [0.2, 0.25) is 5.02 Å². The third kappa shape index (κ3) is 5.08. The lowest BCUT2D eigenvalue weighted by atomic mass is 9.96. The summed E-state index contributed by atoms with van der Waals surface area (Å²) in [6.45, 7) is 7.48. The second-order valence-electron chi connectivity index (χ2n) is 9.00. The van der Waals surface area contributed by atoms with Crippen molar-refractivity contribution in [3.63, 3.8) is 0 Å². The molecule has 0 aliphatic carbocycles. The Morgan fingerprint density at radius 3 is 2.71 bits per heavy atom. The number of hydrogen-bond donors (Lipinski definition) is 1. The summed E-state index contributed by atoms with van der Waals surface area (Å²) in [6, 6.07) is 15.4. The maximum Gasteiger partial charge on any atom is 0.273 e. The lowest BCUT2D eigenvalue weighted by molar-refractivity contribution is 0.0316. The van der Waals surface area contributed by atoms with E-state index < -0.39 is 0 Å². The molecule has 2 aromatic carbocycles. The minimum Gasteiger partial charge on any atom is -0.494 e.